The van der Waals surface area contributed by atoms with Gasteiger partial charge < -0.3 is 9.30 Å². The smallest absolute Gasteiger partial charge is 0.340 e. The summed E-state index contributed by atoms with van der Waals surface area (Å²) in [6, 6.07) is 1.84. The van der Waals surface area contributed by atoms with Crippen molar-refractivity contribution in [1.29, 1.82) is 0 Å². The van der Waals surface area contributed by atoms with Gasteiger partial charge in [0, 0.05) is 24.3 Å². The van der Waals surface area contributed by atoms with Crippen molar-refractivity contribution in [2.24, 2.45) is 7.05 Å². The Balaban J connectivity index is 2.68. The van der Waals surface area contributed by atoms with Gasteiger partial charge in [-0.1, -0.05) is 0 Å². The van der Waals surface area contributed by atoms with Crippen molar-refractivity contribution in [3.8, 4) is 0 Å². The summed E-state index contributed by atoms with van der Waals surface area (Å²) in [6.45, 7) is 4.10. The number of hydrogen-bond donors (Lipinski definition) is 0. The molecule has 4 heteroatoms. The fourth-order valence-electron chi connectivity index (χ4n) is 1.87. The molecule has 0 unspecified atom stereocenters. The summed E-state index contributed by atoms with van der Waals surface area (Å²) in [5.74, 6) is -0.267. The van der Waals surface area contributed by atoms with Gasteiger partial charge in [0.05, 0.1) is 23.9 Å². The summed E-state index contributed by atoms with van der Waals surface area (Å²) >= 11 is 0. The van der Waals surface area contributed by atoms with E-state index in [1.54, 1.807) is 19.3 Å². The number of pyridine rings is 1. The first-order chi connectivity index (χ1) is 7.66. The average Bonchev–Trinajstić information content (AvgIpc) is 2.53. The molecule has 0 N–H and O–H groups in total. The SMILES string of the molecule is CCOC(=O)c1c(C)n(C)c2cnccc12. The first kappa shape index (κ1) is 10.7. The molecule has 4 nitrogen and oxygen atoms in total. The van der Waals surface area contributed by atoms with Gasteiger partial charge in [0.1, 0.15) is 0 Å². The molecule has 16 heavy (non-hydrogen) atoms. The summed E-state index contributed by atoms with van der Waals surface area (Å²) in [4.78, 5) is 15.9. The molecular weight excluding hydrogens is 204 g/mol. The van der Waals surface area contributed by atoms with E-state index in [4.69, 9.17) is 4.74 Å². The molecule has 2 rings (SSSR count). The largest absolute Gasteiger partial charge is 0.462 e. The summed E-state index contributed by atoms with van der Waals surface area (Å²) in [5, 5.41) is 0.897. The Morgan fingerprint density at radius 3 is 3.00 bits per heavy atom. The zero-order chi connectivity index (χ0) is 11.7. The van der Waals surface area contributed by atoms with E-state index < -0.39 is 0 Å². The molecule has 0 atom stereocenters. The highest BCUT2D eigenvalue weighted by molar-refractivity contribution is 6.05. The molecule has 2 aromatic rings. The van der Waals surface area contributed by atoms with Gasteiger partial charge in [-0.15, -0.1) is 0 Å². The van der Waals surface area contributed by atoms with Crippen molar-refractivity contribution in [1.82, 2.24) is 9.55 Å². The fraction of sp³-hybridized carbons (Fsp3) is 0.333. The molecule has 84 valence electrons. The Hall–Kier alpha value is -1.84. The van der Waals surface area contributed by atoms with Crippen molar-refractivity contribution in [3.63, 3.8) is 0 Å². The molecule has 2 heterocycles. The van der Waals surface area contributed by atoms with E-state index in [9.17, 15) is 4.79 Å². The summed E-state index contributed by atoms with van der Waals surface area (Å²) in [6.07, 6.45) is 3.44. The maximum absolute atomic E-state index is 11.8. The van der Waals surface area contributed by atoms with Crippen LogP contribution in [-0.4, -0.2) is 22.1 Å². The molecule has 0 saturated carbocycles. The lowest BCUT2D eigenvalue weighted by Crippen LogP contribution is -2.06. The van der Waals surface area contributed by atoms with Gasteiger partial charge >= 0.3 is 5.97 Å². The highest BCUT2D eigenvalue weighted by Gasteiger charge is 2.18. The second-order valence-corrected chi connectivity index (χ2v) is 3.63. The zero-order valence-electron chi connectivity index (χ0n) is 9.65. The predicted molar refractivity (Wildman–Crippen MR) is 61.4 cm³/mol. The average molecular weight is 218 g/mol. The van der Waals surface area contributed by atoms with Crippen LogP contribution in [0.15, 0.2) is 18.5 Å². The van der Waals surface area contributed by atoms with Crippen LogP contribution < -0.4 is 0 Å². The maximum Gasteiger partial charge on any atom is 0.340 e. The number of aryl methyl sites for hydroxylation is 1. The van der Waals surface area contributed by atoms with Gasteiger partial charge in [-0.3, -0.25) is 4.98 Å². The van der Waals surface area contributed by atoms with Gasteiger partial charge in [-0.05, 0) is 19.9 Å². The van der Waals surface area contributed by atoms with Crippen LogP contribution in [0.4, 0.5) is 0 Å². The Labute approximate surface area is 93.9 Å². The van der Waals surface area contributed by atoms with Crippen molar-refractivity contribution in [2.45, 2.75) is 13.8 Å². The number of aromatic nitrogens is 2. The number of esters is 1. The van der Waals surface area contributed by atoms with Crippen LogP contribution in [0.5, 0.6) is 0 Å². The summed E-state index contributed by atoms with van der Waals surface area (Å²) in [5.41, 5.74) is 2.49. The third kappa shape index (κ3) is 1.46. The van der Waals surface area contributed by atoms with Crippen molar-refractivity contribution >= 4 is 16.9 Å². The zero-order valence-corrected chi connectivity index (χ0v) is 9.65. The van der Waals surface area contributed by atoms with E-state index in [2.05, 4.69) is 4.98 Å². The molecule has 0 amide bonds. The lowest BCUT2D eigenvalue weighted by atomic mass is 10.2. The van der Waals surface area contributed by atoms with Gasteiger partial charge in [-0.2, -0.15) is 0 Å². The van der Waals surface area contributed by atoms with Crippen LogP contribution >= 0.6 is 0 Å². The number of ether oxygens (including phenoxy) is 1. The first-order valence-electron chi connectivity index (χ1n) is 5.23. The molecule has 2 aromatic heterocycles. The molecule has 0 aliphatic carbocycles. The molecule has 0 saturated heterocycles. The van der Waals surface area contributed by atoms with Crippen molar-refractivity contribution in [2.75, 3.05) is 6.61 Å². The topological polar surface area (TPSA) is 44.1 Å². The van der Waals surface area contributed by atoms with Crippen LogP contribution in [0.3, 0.4) is 0 Å². The summed E-state index contributed by atoms with van der Waals surface area (Å²) in [7, 11) is 1.92. The second-order valence-electron chi connectivity index (χ2n) is 3.63. The monoisotopic (exact) mass is 218 g/mol. The lowest BCUT2D eigenvalue weighted by molar-refractivity contribution is 0.0527. The quantitative estimate of drug-likeness (QED) is 0.725. The number of nitrogens with zero attached hydrogens (tertiary/aromatic N) is 2. The van der Waals surface area contributed by atoms with E-state index in [1.165, 1.54) is 0 Å². The Morgan fingerprint density at radius 1 is 1.56 bits per heavy atom. The number of carbonyl (C=O) groups excluding carboxylic acids is 1. The number of fused-ring (bicyclic) bond motifs is 1. The standard InChI is InChI=1S/C12H14N2O2/c1-4-16-12(15)11-8(2)14(3)10-7-13-6-5-9(10)11/h5-7H,4H2,1-3H3. The van der Waals surface area contributed by atoms with Gasteiger partial charge in [-0.25, -0.2) is 4.79 Å². The normalized spacial score (nSPS) is 10.7. The van der Waals surface area contributed by atoms with Crippen LogP contribution in [0.25, 0.3) is 10.9 Å². The van der Waals surface area contributed by atoms with Crippen LogP contribution in [0, 0.1) is 6.92 Å². The molecule has 0 radical (unpaired) electrons. The fourth-order valence-corrected chi connectivity index (χ4v) is 1.87. The van der Waals surface area contributed by atoms with Crippen molar-refractivity contribution in [3.05, 3.63) is 29.7 Å². The minimum absolute atomic E-state index is 0.267. The van der Waals surface area contributed by atoms with E-state index >= 15 is 0 Å². The van der Waals surface area contributed by atoms with Gasteiger partial charge in [0.2, 0.25) is 0 Å². The third-order valence-corrected chi connectivity index (χ3v) is 2.78. The Bertz CT molecular complexity index is 543. The van der Waals surface area contributed by atoms with Crippen LogP contribution in [0.2, 0.25) is 0 Å². The molecule has 0 aliphatic rings. The van der Waals surface area contributed by atoms with Crippen molar-refractivity contribution < 1.29 is 9.53 Å². The molecular formula is C12H14N2O2. The molecule has 0 aromatic carbocycles. The Kier molecular flexibility index (Phi) is 2.64. The Morgan fingerprint density at radius 2 is 2.31 bits per heavy atom. The molecule has 0 bridgehead atoms. The number of hydrogen-bond acceptors (Lipinski definition) is 3. The second kappa shape index (κ2) is 3.96. The van der Waals surface area contributed by atoms with E-state index in [0.717, 1.165) is 16.6 Å². The predicted octanol–water partition coefficient (Wildman–Crippen LogP) is 2.06. The van der Waals surface area contributed by atoms with E-state index in [-0.39, 0.29) is 5.97 Å². The highest BCUT2D eigenvalue weighted by atomic mass is 16.5. The highest BCUT2D eigenvalue weighted by Crippen LogP contribution is 2.24. The van der Waals surface area contributed by atoms with Crippen LogP contribution in [0.1, 0.15) is 23.0 Å². The van der Waals surface area contributed by atoms with Crippen LogP contribution in [-0.2, 0) is 11.8 Å². The third-order valence-electron chi connectivity index (χ3n) is 2.78. The number of carbonyl (C=O) groups is 1. The molecule has 0 aliphatic heterocycles. The lowest BCUT2D eigenvalue weighted by Gasteiger charge is -2.01. The minimum Gasteiger partial charge on any atom is -0.462 e. The first-order valence-corrected chi connectivity index (χ1v) is 5.23. The van der Waals surface area contributed by atoms with E-state index in [1.807, 2.05) is 24.6 Å². The number of rotatable bonds is 2. The van der Waals surface area contributed by atoms with Gasteiger partial charge in [0.25, 0.3) is 0 Å². The maximum atomic E-state index is 11.8. The minimum atomic E-state index is -0.267. The van der Waals surface area contributed by atoms with Gasteiger partial charge in [0.15, 0.2) is 0 Å². The molecule has 0 spiro atoms. The molecule has 0 fully saturated rings. The van der Waals surface area contributed by atoms with E-state index in [0.29, 0.717) is 12.2 Å². The summed E-state index contributed by atoms with van der Waals surface area (Å²) < 4.78 is 7.01.